The molecule has 5 heteroatoms. The largest absolute Gasteiger partial charge is 0.320 e. The molecule has 104 valence electrons. The number of para-hydroxylation sites is 1. The highest BCUT2D eigenvalue weighted by atomic mass is 35.5. The predicted octanol–water partition coefficient (Wildman–Crippen LogP) is 3.84. The fourth-order valence-corrected chi connectivity index (χ4v) is 2.30. The summed E-state index contributed by atoms with van der Waals surface area (Å²) in [6, 6.07) is 12.9. The van der Waals surface area contributed by atoms with Crippen molar-refractivity contribution in [1.82, 2.24) is 9.97 Å². The number of benzene rings is 1. The summed E-state index contributed by atoms with van der Waals surface area (Å²) in [6.45, 7) is 1.91. The number of hydrogen-bond donors (Lipinski definition) is 1. The topological polar surface area (TPSA) is 54.9 Å². The van der Waals surface area contributed by atoms with Gasteiger partial charge in [0.2, 0.25) is 0 Å². The van der Waals surface area contributed by atoms with E-state index in [1.807, 2.05) is 37.3 Å². The molecule has 3 aromatic rings. The number of nitrogens with zero attached hydrogens (tertiary/aromatic N) is 2. The van der Waals surface area contributed by atoms with Gasteiger partial charge in [-0.15, -0.1) is 0 Å². The van der Waals surface area contributed by atoms with E-state index < -0.39 is 0 Å². The van der Waals surface area contributed by atoms with E-state index in [1.165, 1.54) is 0 Å². The molecule has 0 atom stereocenters. The van der Waals surface area contributed by atoms with Gasteiger partial charge in [-0.05, 0) is 31.2 Å². The second-order valence-corrected chi connectivity index (χ2v) is 4.98. The first kappa shape index (κ1) is 13.5. The number of anilines is 1. The third kappa shape index (κ3) is 2.71. The number of aromatic nitrogens is 2. The van der Waals surface area contributed by atoms with E-state index in [0.29, 0.717) is 11.3 Å². The Morgan fingerprint density at radius 1 is 1.14 bits per heavy atom. The van der Waals surface area contributed by atoms with Crippen LogP contribution in [0.4, 0.5) is 5.69 Å². The second kappa shape index (κ2) is 5.50. The standard InChI is InChI=1S/C16H12ClN3O/c1-10-7-8-11-4-2-6-13(14(11)19-10)20-16(21)12-5-3-9-18-15(12)17/h2-9H,1H3,(H,20,21). The predicted molar refractivity (Wildman–Crippen MR) is 83.7 cm³/mol. The maximum absolute atomic E-state index is 12.3. The van der Waals surface area contributed by atoms with E-state index >= 15 is 0 Å². The molecule has 1 aromatic carbocycles. The van der Waals surface area contributed by atoms with Crippen LogP contribution < -0.4 is 5.32 Å². The highest BCUT2D eigenvalue weighted by molar-refractivity contribution is 6.33. The number of aryl methyl sites for hydroxylation is 1. The Bertz CT molecular complexity index is 833. The fourth-order valence-electron chi connectivity index (χ4n) is 2.09. The van der Waals surface area contributed by atoms with Gasteiger partial charge in [-0.3, -0.25) is 9.78 Å². The number of carbonyl (C=O) groups is 1. The van der Waals surface area contributed by atoms with Crippen molar-refractivity contribution in [3.8, 4) is 0 Å². The summed E-state index contributed by atoms with van der Waals surface area (Å²) in [6.07, 6.45) is 1.54. The molecule has 2 heterocycles. The van der Waals surface area contributed by atoms with E-state index in [1.54, 1.807) is 18.3 Å². The molecule has 0 saturated heterocycles. The molecule has 0 bridgehead atoms. The van der Waals surface area contributed by atoms with Crippen LogP contribution >= 0.6 is 11.6 Å². The molecule has 0 fully saturated rings. The molecule has 0 spiro atoms. The SMILES string of the molecule is Cc1ccc2cccc(NC(=O)c3cccnc3Cl)c2n1. The van der Waals surface area contributed by atoms with Gasteiger partial charge < -0.3 is 5.32 Å². The van der Waals surface area contributed by atoms with Crippen molar-refractivity contribution in [2.24, 2.45) is 0 Å². The van der Waals surface area contributed by atoms with Crippen LogP contribution in [0, 0.1) is 6.92 Å². The Labute approximate surface area is 126 Å². The Morgan fingerprint density at radius 2 is 2.00 bits per heavy atom. The number of hydrogen-bond acceptors (Lipinski definition) is 3. The van der Waals surface area contributed by atoms with Crippen LogP contribution in [0.25, 0.3) is 10.9 Å². The Hall–Kier alpha value is -2.46. The van der Waals surface area contributed by atoms with Gasteiger partial charge in [0.05, 0.1) is 16.8 Å². The molecule has 2 aromatic heterocycles. The van der Waals surface area contributed by atoms with Gasteiger partial charge in [-0.25, -0.2) is 4.98 Å². The van der Waals surface area contributed by atoms with Crippen LogP contribution in [0.2, 0.25) is 5.15 Å². The minimum Gasteiger partial charge on any atom is -0.320 e. The van der Waals surface area contributed by atoms with E-state index in [9.17, 15) is 4.79 Å². The minimum atomic E-state index is -0.302. The quantitative estimate of drug-likeness (QED) is 0.731. The lowest BCUT2D eigenvalue weighted by atomic mass is 10.1. The van der Waals surface area contributed by atoms with Crippen LogP contribution in [0.3, 0.4) is 0 Å². The molecule has 4 nitrogen and oxygen atoms in total. The monoisotopic (exact) mass is 297 g/mol. The third-order valence-corrected chi connectivity index (χ3v) is 3.41. The molecule has 1 N–H and O–H groups in total. The number of pyridine rings is 2. The van der Waals surface area contributed by atoms with Crippen LogP contribution in [-0.4, -0.2) is 15.9 Å². The summed E-state index contributed by atoms with van der Waals surface area (Å²) in [5.74, 6) is -0.302. The van der Waals surface area contributed by atoms with E-state index in [4.69, 9.17) is 11.6 Å². The molecule has 0 aliphatic rings. The van der Waals surface area contributed by atoms with Crippen LogP contribution in [0.5, 0.6) is 0 Å². The zero-order chi connectivity index (χ0) is 14.8. The molecule has 3 rings (SSSR count). The summed E-state index contributed by atoms with van der Waals surface area (Å²) >= 11 is 5.94. The molecule has 0 unspecified atom stereocenters. The van der Waals surface area contributed by atoms with Crippen molar-refractivity contribution in [2.75, 3.05) is 5.32 Å². The summed E-state index contributed by atoms with van der Waals surface area (Å²) in [5.41, 5.74) is 2.64. The van der Waals surface area contributed by atoms with Gasteiger partial charge in [0.25, 0.3) is 5.91 Å². The van der Waals surface area contributed by atoms with Crippen molar-refractivity contribution in [3.63, 3.8) is 0 Å². The van der Waals surface area contributed by atoms with Crippen molar-refractivity contribution in [1.29, 1.82) is 0 Å². The smallest absolute Gasteiger partial charge is 0.258 e. The van der Waals surface area contributed by atoms with Crippen molar-refractivity contribution in [3.05, 3.63) is 65.1 Å². The zero-order valence-electron chi connectivity index (χ0n) is 11.3. The summed E-state index contributed by atoms with van der Waals surface area (Å²) in [4.78, 5) is 20.7. The summed E-state index contributed by atoms with van der Waals surface area (Å²) < 4.78 is 0. The zero-order valence-corrected chi connectivity index (χ0v) is 12.1. The summed E-state index contributed by atoms with van der Waals surface area (Å²) in [5, 5.41) is 3.99. The van der Waals surface area contributed by atoms with Gasteiger partial charge in [-0.1, -0.05) is 29.8 Å². The maximum atomic E-state index is 12.3. The van der Waals surface area contributed by atoms with Crippen LogP contribution in [-0.2, 0) is 0 Å². The molecular formula is C16H12ClN3O. The van der Waals surface area contributed by atoms with Gasteiger partial charge in [-0.2, -0.15) is 0 Å². The first-order valence-corrected chi connectivity index (χ1v) is 6.81. The third-order valence-electron chi connectivity index (χ3n) is 3.11. The van der Waals surface area contributed by atoms with Gasteiger partial charge in [0.15, 0.2) is 0 Å². The van der Waals surface area contributed by atoms with Gasteiger partial charge in [0.1, 0.15) is 5.15 Å². The normalized spacial score (nSPS) is 10.6. The minimum absolute atomic E-state index is 0.180. The first-order chi connectivity index (χ1) is 10.1. The highest BCUT2D eigenvalue weighted by Crippen LogP contribution is 2.23. The average Bonchev–Trinajstić information content (AvgIpc) is 2.48. The Morgan fingerprint density at radius 3 is 2.81 bits per heavy atom. The lowest BCUT2D eigenvalue weighted by molar-refractivity contribution is 0.102. The molecule has 1 amide bonds. The number of amides is 1. The number of rotatable bonds is 2. The summed E-state index contributed by atoms with van der Waals surface area (Å²) in [7, 11) is 0. The average molecular weight is 298 g/mol. The molecule has 0 saturated carbocycles. The fraction of sp³-hybridized carbons (Fsp3) is 0.0625. The maximum Gasteiger partial charge on any atom is 0.258 e. The number of carbonyl (C=O) groups excluding carboxylic acids is 1. The van der Waals surface area contributed by atoms with Crippen LogP contribution in [0.15, 0.2) is 48.7 Å². The molecule has 0 aliphatic heterocycles. The molecule has 21 heavy (non-hydrogen) atoms. The molecular weight excluding hydrogens is 286 g/mol. The van der Waals surface area contributed by atoms with Crippen molar-refractivity contribution in [2.45, 2.75) is 6.92 Å². The van der Waals surface area contributed by atoms with Crippen molar-refractivity contribution < 1.29 is 4.79 Å². The Kier molecular flexibility index (Phi) is 3.54. The highest BCUT2D eigenvalue weighted by Gasteiger charge is 2.12. The lowest BCUT2D eigenvalue weighted by Gasteiger charge is -2.09. The van der Waals surface area contributed by atoms with Crippen molar-refractivity contribution >= 4 is 34.1 Å². The van der Waals surface area contributed by atoms with Gasteiger partial charge >= 0.3 is 0 Å². The number of nitrogens with one attached hydrogen (secondary N) is 1. The number of halogens is 1. The first-order valence-electron chi connectivity index (χ1n) is 6.43. The molecule has 0 aliphatic carbocycles. The van der Waals surface area contributed by atoms with E-state index in [0.717, 1.165) is 16.6 Å². The lowest BCUT2D eigenvalue weighted by Crippen LogP contribution is -2.13. The number of fused-ring (bicyclic) bond motifs is 1. The van der Waals surface area contributed by atoms with E-state index in [2.05, 4.69) is 15.3 Å². The second-order valence-electron chi connectivity index (χ2n) is 4.63. The van der Waals surface area contributed by atoms with E-state index in [-0.39, 0.29) is 11.1 Å². The van der Waals surface area contributed by atoms with Gasteiger partial charge in [0, 0.05) is 17.3 Å². The van der Waals surface area contributed by atoms with Crippen LogP contribution in [0.1, 0.15) is 16.1 Å². The molecule has 0 radical (unpaired) electrons. The Balaban J connectivity index is 2.00.